The van der Waals surface area contributed by atoms with Gasteiger partial charge in [0.2, 0.25) is 5.91 Å². The summed E-state index contributed by atoms with van der Waals surface area (Å²) in [7, 11) is 0. The van der Waals surface area contributed by atoms with Gasteiger partial charge in [-0.25, -0.2) is 0 Å². The number of rotatable bonds is 7. The fourth-order valence-electron chi connectivity index (χ4n) is 3.98. The van der Waals surface area contributed by atoms with Gasteiger partial charge in [0.15, 0.2) is 0 Å². The van der Waals surface area contributed by atoms with E-state index in [9.17, 15) is 9.59 Å². The van der Waals surface area contributed by atoms with Crippen molar-refractivity contribution >= 4 is 11.8 Å². The van der Waals surface area contributed by atoms with Gasteiger partial charge in [0, 0.05) is 51.5 Å². The second-order valence-corrected chi connectivity index (χ2v) is 8.04. The van der Waals surface area contributed by atoms with Crippen LogP contribution in [0.15, 0.2) is 85.2 Å². The highest BCUT2D eigenvalue weighted by Crippen LogP contribution is 2.12. The third kappa shape index (κ3) is 5.80. The van der Waals surface area contributed by atoms with Crippen LogP contribution in [0.3, 0.4) is 0 Å². The van der Waals surface area contributed by atoms with Gasteiger partial charge in [0.05, 0.1) is 5.56 Å². The average Bonchev–Trinajstić information content (AvgIpc) is 2.85. The molecule has 1 unspecified atom stereocenters. The van der Waals surface area contributed by atoms with E-state index in [1.807, 2.05) is 53.4 Å². The summed E-state index contributed by atoms with van der Waals surface area (Å²) in [5.74, 6) is -0.319. The van der Waals surface area contributed by atoms with Crippen molar-refractivity contribution in [2.75, 3.05) is 26.2 Å². The van der Waals surface area contributed by atoms with Gasteiger partial charge in [0.1, 0.15) is 6.04 Å². The van der Waals surface area contributed by atoms with Gasteiger partial charge in [-0.2, -0.15) is 0 Å². The van der Waals surface area contributed by atoms with Crippen LogP contribution in [0.1, 0.15) is 21.5 Å². The number of benzene rings is 2. The number of pyridine rings is 1. The Hall–Kier alpha value is -3.51. The third-order valence-corrected chi connectivity index (χ3v) is 5.74. The number of carbonyl (C=O) groups excluding carboxylic acids is 2. The Balaban J connectivity index is 1.41. The Kier molecular flexibility index (Phi) is 7.25. The van der Waals surface area contributed by atoms with E-state index in [-0.39, 0.29) is 11.8 Å². The van der Waals surface area contributed by atoms with Crippen molar-refractivity contribution in [2.24, 2.45) is 0 Å². The van der Waals surface area contributed by atoms with Gasteiger partial charge in [-0.3, -0.25) is 19.5 Å². The molecule has 2 amide bonds. The minimum Gasteiger partial charge on any atom is -0.340 e. The number of nitrogens with one attached hydrogen (secondary N) is 1. The molecule has 0 radical (unpaired) electrons. The second kappa shape index (κ2) is 10.7. The molecule has 2 aromatic carbocycles. The van der Waals surface area contributed by atoms with Crippen LogP contribution in [0.5, 0.6) is 0 Å². The third-order valence-electron chi connectivity index (χ3n) is 5.74. The maximum Gasteiger partial charge on any atom is 0.253 e. The highest BCUT2D eigenvalue weighted by atomic mass is 16.2. The Bertz CT molecular complexity index is 1000. The molecule has 6 heteroatoms. The summed E-state index contributed by atoms with van der Waals surface area (Å²) >= 11 is 0. The molecule has 1 N–H and O–H groups in total. The first kappa shape index (κ1) is 21.7. The monoisotopic (exact) mass is 428 g/mol. The summed E-state index contributed by atoms with van der Waals surface area (Å²) in [6.45, 7) is 3.82. The van der Waals surface area contributed by atoms with Crippen molar-refractivity contribution in [3.63, 3.8) is 0 Å². The predicted molar refractivity (Wildman–Crippen MR) is 124 cm³/mol. The SMILES string of the molecule is O=C(NC(Cc1ccccc1)C(=O)N1CCN(Cc2ccccc2)CC1)c1cccnc1. The summed E-state index contributed by atoms with van der Waals surface area (Å²) in [6, 6.07) is 23.0. The molecule has 3 aromatic rings. The van der Waals surface area contributed by atoms with E-state index in [1.165, 1.54) is 11.8 Å². The van der Waals surface area contributed by atoms with Crippen LogP contribution < -0.4 is 5.32 Å². The molecule has 4 rings (SSSR count). The van der Waals surface area contributed by atoms with E-state index in [1.54, 1.807) is 18.3 Å². The first-order chi connectivity index (χ1) is 15.7. The lowest BCUT2D eigenvalue weighted by molar-refractivity contribution is -0.135. The molecule has 32 heavy (non-hydrogen) atoms. The smallest absolute Gasteiger partial charge is 0.253 e. The highest BCUT2D eigenvalue weighted by molar-refractivity contribution is 5.97. The molecule has 1 atom stereocenters. The van der Waals surface area contributed by atoms with Crippen molar-refractivity contribution in [3.05, 3.63) is 102 Å². The van der Waals surface area contributed by atoms with Crippen LogP contribution in [-0.4, -0.2) is 58.8 Å². The lowest BCUT2D eigenvalue weighted by Crippen LogP contribution is -2.55. The quantitative estimate of drug-likeness (QED) is 0.629. The Morgan fingerprint density at radius 2 is 1.50 bits per heavy atom. The first-order valence-corrected chi connectivity index (χ1v) is 11.0. The number of hydrogen-bond donors (Lipinski definition) is 1. The number of piperazine rings is 1. The zero-order valence-electron chi connectivity index (χ0n) is 18.1. The van der Waals surface area contributed by atoms with Crippen molar-refractivity contribution < 1.29 is 9.59 Å². The molecule has 1 aliphatic heterocycles. The summed E-state index contributed by atoms with van der Waals surface area (Å²) in [4.78, 5) is 34.4. The van der Waals surface area contributed by atoms with Gasteiger partial charge >= 0.3 is 0 Å². The predicted octanol–water partition coefficient (Wildman–Crippen LogP) is 2.77. The van der Waals surface area contributed by atoms with Crippen LogP contribution in [0.2, 0.25) is 0 Å². The van der Waals surface area contributed by atoms with Gasteiger partial charge in [-0.05, 0) is 23.3 Å². The fraction of sp³-hybridized carbons (Fsp3) is 0.269. The molecule has 0 saturated carbocycles. The molecule has 6 nitrogen and oxygen atoms in total. The van der Waals surface area contributed by atoms with Crippen molar-refractivity contribution in [1.29, 1.82) is 0 Å². The zero-order chi connectivity index (χ0) is 22.2. The standard InChI is InChI=1S/C26H28N4O2/c31-25(23-12-7-13-27-19-23)28-24(18-21-8-3-1-4-9-21)26(32)30-16-14-29(15-17-30)20-22-10-5-2-6-11-22/h1-13,19,24H,14-18,20H2,(H,28,31). The molecule has 164 valence electrons. The molecule has 1 aliphatic rings. The first-order valence-electron chi connectivity index (χ1n) is 11.0. The van der Waals surface area contributed by atoms with Crippen LogP contribution in [0, 0.1) is 0 Å². The molecule has 0 spiro atoms. The molecular weight excluding hydrogens is 400 g/mol. The van der Waals surface area contributed by atoms with Crippen molar-refractivity contribution in [2.45, 2.75) is 19.0 Å². The highest BCUT2D eigenvalue weighted by Gasteiger charge is 2.29. The number of aromatic nitrogens is 1. The van der Waals surface area contributed by atoms with Crippen LogP contribution in [0.4, 0.5) is 0 Å². The number of carbonyl (C=O) groups is 2. The van der Waals surface area contributed by atoms with Gasteiger partial charge in [-0.15, -0.1) is 0 Å². The van der Waals surface area contributed by atoms with Gasteiger partial charge < -0.3 is 10.2 Å². The molecule has 2 heterocycles. The lowest BCUT2D eigenvalue weighted by Gasteiger charge is -2.36. The normalized spacial score (nSPS) is 15.2. The van der Waals surface area contributed by atoms with E-state index in [0.717, 1.165) is 25.2 Å². The van der Waals surface area contributed by atoms with E-state index in [4.69, 9.17) is 0 Å². The largest absolute Gasteiger partial charge is 0.340 e. The summed E-state index contributed by atoms with van der Waals surface area (Å²) in [6.07, 6.45) is 3.59. The van der Waals surface area contributed by atoms with Gasteiger partial charge in [0.25, 0.3) is 5.91 Å². The number of amides is 2. The van der Waals surface area contributed by atoms with Gasteiger partial charge in [-0.1, -0.05) is 60.7 Å². The Morgan fingerprint density at radius 1 is 0.844 bits per heavy atom. The molecule has 1 saturated heterocycles. The minimum atomic E-state index is -0.620. The van der Waals surface area contributed by atoms with Crippen LogP contribution >= 0.6 is 0 Å². The topological polar surface area (TPSA) is 65.5 Å². The molecular formula is C26H28N4O2. The van der Waals surface area contributed by atoms with Crippen LogP contribution in [-0.2, 0) is 17.8 Å². The molecule has 1 aromatic heterocycles. The summed E-state index contributed by atoms with van der Waals surface area (Å²) < 4.78 is 0. The van der Waals surface area contributed by atoms with Crippen molar-refractivity contribution in [1.82, 2.24) is 20.1 Å². The van der Waals surface area contributed by atoms with Crippen LogP contribution in [0.25, 0.3) is 0 Å². The molecule has 1 fully saturated rings. The average molecular weight is 429 g/mol. The molecule has 0 bridgehead atoms. The van der Waals surface area contributed by atoms with E-state index >= 15 is 0 Å². The maximum absolute atomic E-state index is 13.4. The maximum atomic E-state index is 13.4. The van der Waals surface area contributed by atoms with Crippen molar-refractivity contribution in [3.8, 4) is 0 Å². The fourth-order valence-corrected chi connectivity index (χ4v) is 3.98. The summed E-state index contributed by atoms with van der Waals surface area (Å²) in [5, 5.41) is 2.95. The Labute approximate surface area is 188 Å². The van der Waals surface area contributed by atoms with E-state index in [2.05, 4.69) is 27.3 Å². The van der Waals surface area contributed by atoms with E-state index in [0.29, 0.717) is 25.1 Å². The second-order valence-electron chi connectivity index (χ2n) is 8.04. The number of nitrogens with zero attached hydrogens (tertiary/aromatic N) is 3. The minimum absolute atomic E-state index is 0.0366. The lowest BCUT2D eigenvalue weighted by atomic mass is 10.0. The zero-order valence-corrected chi connectivity index (χ0v) is 18.1. The number of hydrogen-bond acceptors (Lipinski definition) is 4. The Morgan fingerprint density at radius 3 is 2.12 bits per heavy atom. The summed E-state index contributed by atoms with van der Waals surface area (Å²) in [5.41, 5.74) is 2.74. The van der Waals surface area contributed by atoms with E-state index < -0.39 is 6.04 Å². The molecule has 0 aliphatic carbocycles.